The number of sulfonamides is 1. The average molecular weight is 333 g/mol. The van der Waals surface area contributed by atoms with E-state index in [9.17, 15) is 13.2 Å². The van der Waals surface area contributed by atoms with Crippen LogP contribution in [0.5, 0.6) is 0 Å². The first kappa shape index (κ1) is 18.1. The molecule has 0 heterocycles. The van der Waals surface area contributed by atoms with Crippen LogP contribution >= 0.6 is 12.4 Å². The summed E-state index contributed by atoms with van der Waals surface area (Å²) in [5, 5.41) is 0. The van der Waals surface area contributed by atoms with Gasteiger partial charge in [-0.1, -0.05) is 12.1 Å². The van der Waals surface area contributed by atoms with Gasteiger partial charge in [0.15, 0.2) is 5.78 Å². The summed E-state index contributed by atoms with van der Waals surface area (Å²) in [6, 6.07) is 6.23. The number of hydrogen-bond acceptors (Lipinski definition) is 4. The zero-order chi connectivity index (χ0) is 14.8. The predicted octanol–water partition coefficient (Wildman–Crippen LogP) is 1.86. The smallest absolute Gasteiger partial charge is 0.240 e. The fourth-order valence-corrected chi connectivity index (χ4v) is 3.76. The molecule has 0 aromatic heterocycles. The molecule has 1 aromatic rings. The highest BCUT2D eigenvalue weighted by atomic mass is 35.5. The van der Waals surface area contributed by atoms with Crippen LogP contribution < -0.4 is 10.5 Å². The number of Topliss-reactive ketones (excluding diaryl/α,β-unsaturated/α-hetero) is 1. The average Bonchev–Trinajstić information content (AvgIpc) is 2.41. The molecule has 2 rings (SSSR count). The number of hydrogen-bond donors (Lipinski definition) is 2. The Morgan fingerprint density at radius 2 is 1.86 bits per heavy atom. The van der Waals surface area contributed by atoms with Crippen LogP contribution in [0.15, 0.2) is 29.2 Å². The van der Waals surface area contributed by atoms with Crippen molar-refractivity contribution in [1.29, 1.82) is 0 Å². The number of benzene rings is 1. The van der Waals surface area contributed by atoms with Crippen molar-refractivity contribution in [1.82, 2.24) is 4.72 Å². The van der Waals surface area contributed by atoms with E-state index >= 15 is 0 Å². The van der Waals surface area contributed by atoms with Gasteiger partial charge in [-0.25, -0.2) is 13.1 Å². The number of carbonyl (C=O) groups is 1. The van der Waals surface area contributed by atoms with Crippen molar-refractivity contribution >= 4 is 28.2 Å². The first-order valence-electron chi connectivity index (χ1n) is 6.77. The summed E-state index contributed by atoms with van der Waals surface area (Å²) in [5.74, 6) is -0.148. The number of halogens is 1. The molecule has 0 spiro atoms. The van der Waals surface area contributed by atoms with Crippen molar-refractivity contribution in [3.63, 3.8) is 0 Å². The fraction of sp³-hybridized carbons (Fsp3) is 0.500. The standard InChI is InChI=1S/C14H20N2O3S.ClH/c1-10(17)11-3-2-4-14(9-11)20(18,19)16-13-7-5-12(15)6-8-13;/h2-4,9,12-13,16H,5-8,15H2,1H3;1H. The Morgan fingerprint density at radius 3 is 2.43 bits per heavy atom. The van der Waals surface area contributed by atoms with Gasteiger partial charge >= 0.3 is 0 Å². The van der Waals surface area contributed by atoms with E-state index in [2.05, 4.69) is 4.72 Å². The lowest BCUT2D eigenvalue weighted by molar-refractivity contribution is 0.101. The van der Waals surface area contributed by atoms with Gasteiger partial charge in [0.1, 0.15) is 0 Å². The largest absolute Gasteiger partial charge is 0.328 e. The summed E-state index contributed by atoms with van der Waals surface area (Å²) in [5.41, 5.74) is 6.21. The predicted molar refractivity (Wildman–Crippen MR) is 84.2 cm³/mol. The Morgan fingerprint density at radius 1 is 1.24 bits per heavy atom. The molecule has 0 aliphatic heterocycles. The molecule has 0 bridgehead atoms. The lowest BCUT2D eigenvalue weighted by Crippen LogP contribution is -2.40. The van der Waals surface area contributed by atoms with Crippen LogP contribution in [-0.2, 0) is 10.0 Å². The molecule has 1 fully saturated rings. The van der Waals surface area contributed by atoms with E-state index in [0.717, 1.165) is 25.7 Å². The molecule has 5 nitrogen and oxygen atoms in total. The highest BCUT2D eigenvalue weighted by Crippen LogP contribution is 2.20. The number of nitrogens with one attached hydrogen (secondary N) is 1. The van der Waals surface area contributed by atoms with Crippen molar-refractivity contribution < 1.29 is 13.2 Å². The summed E-state index contributed by atoms with van der Waals surface area (Å²) in [6.07, 6.45) is 3.18. The van der Waals surface area contributed by atoms with Gasteiger partial charge < -0.3 is 5.73 Å². The van der Waals surface area contributed by atoms with E-state index in [4.69, 9.17) is 5.73 Å². The van der Waals surface area contributed by atoms with Crippen LogP contribution in [0.2, 0.25) is 0 Å². The molecule has 0 amide bonds. The van der Waals surface area contributed by atoms with Crippen molar-refractivity contribution in [3.05, 3.63) is 29.8 Å². The Balaban J connectivity index is 0.00000220. The third-order valence-electron chi connectivity index (χ3n) is 3.64. The van der Waals surface area contributed by atoms with Crippen molar-refractivity contribution in [2.24, 2.45) is 5.73 Å². The minimum atomic E-state index is -3.58. The van der Waals surface area contributed by atoms with E-state index in [1.807, 2.05) is 0 Å². The quantitative estimate of drug-likeness (QED) is 0.823. The summed E-state index contributed by atoms with van der Waals surface area (Å²) in [4.78, 5) is 11.5. The molecule has 0 saturated heterocycles. The lowest BCUT2D eigenvalue weighted by Gasteiger charge is -2.26. The highest BCUT2D eigenvalue weighted by Gasteiger charge is 2.24. The molecule has 0 unspecified atom stereocenters. The third-order valence-corrected chi connectivity index (χ3v) is 5.16. The molecule has 0 atom stereocenters. The molecule has 1 aliphatic rings. The van der Waals surface area contributed by atoms with Gasteiger partial charge in [0.2, 0.25) is 10.0 Å². The summed E-state index contributed by atoms with van der Waals surface area (Å²) in [6.45, 7) is 1.42. The van der Waals surface area contributed by atoms with E-state index in [0.29, 0.717) is 5.56 Å². The van der Waals surface area contributed by atoms with Gasteiger partial charge in [-0.15, -0.1) is 12.4 Å². The third kappa shape index (κ3) is 4.78. The van der Waals surface area contributed by atoms with Crippen molar-refractivity contribution in [3.8, 4) is 0 Å². The second-order valence-electron chi connectivity index (χ2n) is 5.32. The second kappa shape index (κ2) is 7.35. The molecule has 3 N–H and O–H groups in total. The molecule has 7 heteroatoms. The SMILES string of the molecule is CC(=O)c1cccc(S(=O)(=O)NC2CCC(N)CC2)c1.Cl. The van der Waals surface area contributed by atoms with Crippen molar-refractivity contribution in [2.75, 3.05) is 0 Å². The van der Waals surface area contributed by atoms with Crippen LogP contribution in [-0.4, -0.2) is 26.3 Å². The second-order valence-corrected chi connectivity index (χ2v) is 7.03. The number of ketones is 1. The Kier molecular flexibility index (Phi) is 6.34. The number of carbonyl (C=O) groups excluding carboxylic acids is 1. The van der Waals surface area contributed by atoms with E-state index in [1.54, 1.807) is 12.1 Å². The lowest BCUT2D eigenvalue weighted by atomic mass is 9.93. The molecule has 118 valence electrons. The summed E-state index contributed by atoms with van der Waals surface area (Å²) < 4.78 is 27.3. The molecule has 1 aliphatic carbocycles. The van der Waals surface area contributed by atoms with Gasteiger partial charge in [-0.05, 0) is 44.7 Å². The van der Waals surface area contributed by atoms with Gasteiger partial charge in [0.25, 0.3) is 0 Å². The van der Waals surface area contributed by atoms with Crippen LogP contribution in [0.25, 0.3) is 0 Å². The monoisotopic (exact) mass is 332 g/mol. The zero-order valence-corrected chi connectivity index (χ0v) is 13.5. The van der Waals surface area contributed by atoms with Gasteiger partial charge in [0, 0.05) is 17.6 Å². The van der Waals surface area contributed by atoms with Crippen LogP contribution in [0.1, 0.15) is 43.0 Å². The topological polar surface area (TPSA) is 89.3 Å². The van der Waals surface area contributed by atoms with Gasteiger partial charge in [-0.2, -0.15) is 0 Å². The Bertz CT molecular complexity index is 596. The van der Waals surface area contributed by atoms with E-state index in [-0.39, 0.29) is 35.2 Å². The maximum absolute atomic E-state index is 12.3. The van der Waals surface area contributed by atoms with Crippen LogP contribution in [0.3, 0.4) is 0 Å². The Hall–Kier alpha value is -0.950. The van der Waals surface area contributed by atoms with Gasteiger partial charge in [-0.3, -0.25) is 4.79 Å². The first-order valence-corrected chi connectivity index (χ1v) is 8.26. The number of nitrogens with two attached hydrogens (primary N) is 1. The summed E-state index contributed by atoms with van der Waals surface area (Å²) >= 11 is 0. The molecular formula is C14H21ClN2O3S. The van der Waals surface area contributed by atoms with Gasteiger partial charge in [0.05, 0.1) is 4.90 Å². The maximum Gasteiger partial charge on any atom is 0.240 e. The van der Waals surface area contributed by atoms with Crippen LogP contribution in [0.4, 0.5) is 0 Å². The molecule has 1 saturated carbocycles. The van der Waals surface area contributed by atoms with E-state index < -0.39 is 10.0 Å². The fourth-order valence-electron chi connectivity index (χ4n) is 2.41. The minimum absolute atomic E-state index is 0. The first-order chi connectivity index (χ1) is 9.38. The summed E-state index contributed by atoms with van der Waals surface area (Å²) in [7, 11) is -3.58. The zero-order valence-electron chi connectivity index (χ0n) is 11.9. The molecular weight excluding hydrogens is 312 g/mol. The van der Waals surface area contributed by atoms with Crippen molar-refractivity contribution in [2.45, 2.75) is 49.6 Å². The Labute approximate surface area is 131 Å². The normalized spacial score (nSPS) is 22.4. The van der Waals surface area contributed by atoms with E-state index in [1.165, 1.54) is 19.1 Å². The maximum atomic E-state index is 12.3. The highest BCUT2D eigenvalue weighted by molar-refractivity contribution is 7.89. The minimum Gasteiger partial charge on any atom is -0.328 e. The molecule has 21 heavy (non-hydrogen) atoms. The molecule has 1 aromatic carbocycles. The number of rotatable bonds is 4. The molecule has 0 radical (unpaired) electrons. The van der Waals surface area contributed by atoms with Crippen LogP contribution in [0, 0.1) is 0 Å².